The molecule has 0 aliphatic rings. The van der Waals surface area contributed by atoms with Crippen molar-refractivity contribution < 1.29 is 14.7 Å². The molecule has 5 nitrogen and oxygen atoms in total. The predicted octanol–water partition coefficient (Wildman–Crippen LogP) is 2.42. The largest absolute Gasteiger partial charge is 0.479 e. The van der Waals surface area contributed by atoms with Gasteiger partial charge >= 0.3 is 12.0 Å². The molecule has 0 radical (unpaired) electrons. The fraction of sp³-hybridized carbons (Fsp3) is 0.333. The van der Waals surface area contributed by atoms with Crippen molar-refractivity contribution in [2.24, 2.45) is 0 Å². The van der Waals surface area contributed by atoms with E-state index in [4.69, 9.17) is 0 Å². The first-order valence-corrected chi connectivity index (χ1v) is 6.46. The number of nitrogens with one attached hydrogen (secondary N) is 1. The summed E-state index contributed by atoms with van der Waals surface area (Å²) in [6.45, 7) is 4.17. The lowest BCUT2D eigenvalue weighted by atomic mass is 10.1. The van der Waals surface area contributed by atoms with Crippen LogP contribution in [-0.4, -0.2) is 35.6 Å². The first-order valence-electron chi connectivity index (χ1n) is 6.46. The summed E-state index contributed by atoms with van der Waals surface area (Å²) in [5.41, 5.74) is 0.549. The van der Waals surface area contributed by atoms with E-state index < -0.39 is 18.0 Å². The Morgan fingerprint density at radius 3 is 2.60 bits per heavy atom. The molecule has 0 heterocycles. The number of carboxylic acid groups (broad SMARTS) is 1. The quantitative estimate of drug-likeness (QED) is 0.593. The minimum Gasteiger partial charge on any atom is -0.479 e. The van der Waals surface area contributed by atoms with E-state index in [2.05, 4.69) is 11.9 Å². The highest BCUT2D eigenvalue weighted by Crippen LogP contribution is 2.13. The van der Waals surface area contributed by atoms with Gasteiger partial charge in [0.2, 0.25) is 0 Å². The number of carbonyl (C=O) groups excluding carboxylic acids is 1. The number of unbranched alkanes of at least 4 members (excludes halogenated alkanes) is 1. The van der Waals surface area contributed by atoms with Crippen molar-refractivity contribution >= 4 is 12.0 Å². The van der Waals surface area contributed by atoms with Crippen LogP contribution in [0.1, 0.15) is 24.4 Å². The third-order valence-electron chi connectivity index (χ3n) is 2.90. The van der Waals surface area contributed by atoms with E-state index in [1.807, 2.05) is 0 Å². The second kappa shape index (κ2) is 7.99. The van der Waals surface area contributed by atoms with E-state index in [0.29, 0.717) is 12.1 Å². The molecule has 2 N–H and O–H groups in total. The number of rotatable bonds is 7. The summed E-state index contributed by atoms with van der Waals surface area (Å²) in [7, 11) is 1.64. The molecular formula is C15H20N2O3. The van der Waals surface area contributed by atoms with Crippen molar-refractivity contribution in [3.05, 3.63) is 48.6 Å². The molecule has 0 aliphatic heterocycles. The molecule has 0 unspecified atom stereocenters. The molecule has 1 rings (SSSR count). The van der Waals surface area contributed by atoms with Crippen LogP contribution in [0.2, 0.25) is 0 Å². The molecule has 1 atom stereocenters. The predicted molar refractivity (Wildman–Crippen MR) is 77.4 cm³/mol. The zero-order chi connectivity index (χ0) is 15.0. The van der Waals surface area contributed by atoms with Crippen LogP contribution in [0.5, 0.6) is 0 Å². The van der Waals surface area contributed by atoms with Gasteiger partial charge in [0.1, 0.15) is 0 Å². The monoisotopic (exact) mass is 276 g/mol. The number of hydrogen-bond acceptors (Lipinski definition) is 2. The van der Waals surface area contributed by atoms with Crippen molar-refractivity contribution in [1.29, 1.82) is 0 Å². The van der Waals surface area contributed by atoms with Gasteiger partial charge in [0.25, 0.3) is 0 Å². The first-order chi connectivity index (χ1) is 9.56. The second-order valence-corrected chi connectivity index (χ2v) is 4.48. The molecule has 2 amide bonds. The maximum Gasteiger partial charge on any atom is 0.330 e. The maximum atomic E-state index is 12.0. The fourth-order valence-corrected chi connectivity index (χ4v) is 1.74. The Morgan fingerprint density at radius 1 is 1.40 bits per heavy atom. The third-order valence-corrected chi connectivity index (χ3v) is 2.90. The molecule has 5 heteroatoms. The zero-order valence-electron chi connectivity index (χ0n) is 11.6. The Balaban J connectivity index is 2.64. The summed E-state index contributed by atoms with van der Waals surface area (Å²) >= 11 is 0. The van der Waals surface area contributed by atoms with Crippen LogP contribution in [-0.2, 0) is 4.79 Å². The van der Waals surface area contributed by atoms with Crippen molar-refractivity contribution in [2.75, 3.05) is 13.6 Å². The smallest absolute Gasteiger partial charge is 0.330 e. The van der Waals surface area contributed by atoms with Crippen LogP contribution in [0.4, 0.5) is 4.79 Å². The topological polar surface area (TPSA) is 69.6 Å². The van der Waals surface area contributed by atoms with E-state index in [1.165, 1.54) is 4.90 Å². The van der Waals surface area contributed by atoms with Gasteiger partial charge in [0.05, 0.1) is 0 Å². The second-order valence-electron chi connectivity index (χ2n) is 4.48. The van der Waals surface area contributed by atoms with Gasteiger partial charge in [0.15, 0.2) is 6.04 Å². The van der Waals surface area contributed by atoms with Gasteiger partial charge in [0, 0.05) is 13.6 Å². The number of amides is 2. The minimum atomic E-state index is -1.08. The van der Waals surface area contributed by atoms with Crippen LogP contribution in [0.3, 0.4) is 0 Å². The van der Waals surface area contributed by atoms with E-state index in [-0.39, 0.29) is 0 Å². The summed E-state index contributed by atoms with van der Waals surface area (Å²) in [6, 6.07) is 7.20. The summed E-state index contributed by atoms with van der Waals surface area (Å²) in [5.74, 6) is -1.08. The Labute approximate surface area is 118 Å². The van der Waals surface area contributed by atoms with E-state index in [9.17, 15) is 14.7 Å². The first kappa shape index (κ1) is 15.8. The fourth-order valence-electron chi connectivity index (χ4n) is 1.74. The molecule has 0 spiro atoms. The Bertz CT molecular complexity index is 459. The highest BCUT2D eigenvalue weighted by molar-refractivity contribution is 5.83. The van der Waals surface area contributed by atoms with Crippen LogP contribution in [0.25, 0.3) is 0 Å². The molecular weight excluding hydrogens is 256 g/mol. The molecule has 108 valence electrons. The normalized spacial score (nSPS) is 11.4. The molecule has 0 aliphatic carbocycles. The molecule has 0 aromatic heterocycles. The van der Waals surface area contributed by atoms with Crippen molar-refractivity contribution in [2.45, 2.75) is 18.9 Å². The Hall–Kier alpha value is -2.30. The standard InChI is InChI=1S/C15H20N2O3/c1-3-4-8-11-17(2)15(20)16-13(14(18)19)12-9-6-5-7-10-12/h3,5-7,9-10,13H,1,4,8,11H2,2H3,(H,16,20)(H,18,19)/t13-/m0/s1. The zero-order valence-corrected chi connectivity index (χ0v) is 11.6. The number of allylic oxidation sites excluding steroid dienone is 1. The van der Waals surface area contributed by atoms with Gasteiger partial charge in [-0.15, -0.1) is 6.58 Å². The summed E-state index contributed by atoms with van der Waals surface area (Å²) in [4.78, 5) is 24.7. The lowest BCUT2D eigenvalue weighted by molar-refractivity contribution is -0.139. The SMILES string of the molecule is C=CCCCN(C)C(=O)N[C@H](C(=O)O)c1ccccc1. The number of carboxylic acids is 1. The number of carbonyl (C=O) groups is 2. The van der Waals surface area contributed by atoms with E-state index in [1.54, 1.807) is 43.5 Å². The number of urea groups is 1. The van der Waals surface area contributed by atoms with Gasteiger partial charge in [-0.3, -0.25) is 0 Å². The molecule has 0 saturated carbocycles. The lowest BCUT2D eigenvalue weighted by Crippen LogP contribution is -2.42. The maximum absolute atomic E-state index is 12.0. The van der Waals surface area contributed by atoms with Gasteiger partial charge in [-0.1, -0.05) is 36.4 Å². The van der Waals surface area contributed by atoms with E-state index >= 15 is 0 Å². The van der Waals surface area contributed by atoms with Crippen LogP contribution in [0, 0.1) is 0 Å². The third kappa shape index (κ3) is 4.76. The van der Waals surface area contributed by atoms with Gasteiger partial charge in [-0.2, -0.15) is 0 Å². The molecule has 0 fully saturated rings. The highest BCUT2D eigenvalue weighted by Gasteiger charge is 2.23. The Kier molecular flexibility index (Phi) is 6.29. The molecule has 20 heavy (non-hydrogen) atoms. The van der Waals surface area contributed by atoms with Crippen molar-refractivity contribution in [1.82, 2.24) is 10.2 Å². The Morgan fingerprint density at radius 2 is 2.05 bits per heavy atom. The lowest BCUT2D eigenvalue weighted by Gasteiger charge is -2.21. The van der Waals surface area contributed by atoms with Crippen molar-refractivity contribution in [3.63, 3.8) is 0 Å². The van der Waals surface area contributed by atoms with Crippen molar-refractivity contribution in [3.8, 4) is 0 Å². The molecule has 1 aromatic rings. The average Bonchev–Trinajstić information content (AvgIpc) is 2.45. The average molecular weight is 276 g/mol. The van der Waals surface area contributed by atoms with Crippen LogP contribution < -0.4 is 5.32 Å². The van der Waals surface area contributed by atoms with Gasteiger partial charge in [-0.25, -0.2) is 9.59 Å². The summed E-state index contributed by atoms with van der Waals surface area (Å²) in [5, 5.41) is 11.7. The van der Waals surface area contributed by atoms with Gasteiger partial charge in [-0.05, 0) is 18.4 Å². The van der Waals surface area contributed by atoms with Crippen LogP contribution >= 0.6 is 0 Å². The van der Waals surface area contributed by atoms with E-state index in [0.717, 1.165) is 12.8 Å². The summed E-state index contributed by atoms with van der Waals surface area (Å²) in [6.07, 6.45) is 3.41. The molecule has 0 saturated heterocycles. The number of hydrogen-bond donors (Lipinski definition) is 2. The number of aliphatic carboxylic acids is 1. The van der Waals surface area contributed by atoms with Crippen LogP contribution in [0.15, 0.2) is 43.0 Å². The highest BCUT2D eigenvalue weighted by atomic mass is 16.4. The number of benzene rings is 1. The number of nitrogens with zero attached hydrogens (tertiary/aromatic N) is 1. The molecule has 1 aromatic carbocycles. The minimum absolute atomic E-state index is 0.398. The van der Waals surface area contributed by atoms with Gasteiger partial charge < -0.3 is 15.3 Å². The summed E-state index contributed by atoms with van der Waals surface area (Å²) < 4.78 is 0. The molecule has 0 bridgehead atoms.